The molecule has 0 N–H and O–H groups in total. The summed E-state index contributed by atoms with van der Waals surface area (Å²) in [6.45, 7) is 7.68. The molecule has 0 aromatic carbocycles. The minimum atomic E-state index is 1.07. The Morgan fingerprint density at radius 1 is 0.533 bits per heavy atom. The first-order valence-corrected chi connectivity index (χ1v) is 6.65. The van der Waals surface area contributed by atoms with Gasteiger partial charge in [-0.05, 0) is 25.7 Å². The monoisotopic (exact) mass is 208 g/mol. The van der Waals surface area contributed by atoms with Gasteiger partial charge in [0.05, 0.1) is 0 Å². The first-order valence-electron chi connectivity index (χ1n) is 6.65. The van der Waals surface area contributed by atoms with Gasteiger partial charge >= 0.3 is 0 Å². The maximum absolute atomic E-state index is 3.85. The molecule has 0 bridgehead atoms. The second kappa shape index (κ2) is 13.7. The molecule has 0 aliphatic rings. The third-order valence-corrected chi connectivity index (χ3v) is 2.66. The number of hydrogen-bond acceptors (Lipinski definition) is 0. The molecular formula is C15H28. The fourth-order valence-corrected chi connectivity index (χ4v) is 1.64. The van der Waals surface area contributed by atoms with E-state index in [1.54, 1.807) is 0 Å². The molecule has 0 aliphatic heterocycles. The van der Waals surface area contributed by atoms with Crippen LogP contribution in [0, 0.1) is 13.8 Å². The quantitative estimate of drug-likeness (QED) is 0.310. The standard InChI is InChI=1S/C15H28/c1-3-5-7-9-11-13-15-14-12-10-8-6-4-2/h9,11H,1-8,10,12-15H2/b11-9+. The van der Waals surface area contributed by atoms with Gasteiger partial charge in [0, 0.05) is 0 Å². The normalized spacial score (nSPS) is 11.3. The van der Waals surface area contributed by atoms with Crippen LogP contribution >= 0.6 is 0 Å². The van der Waals surface area contributed by atoms with Gasteiger partial charge in [0.2, 0.25) is 0 Å². The third kappa shape index (κ3) is 13.7. The highest BCUT2D eigenvalue weighted by Crippen LogP contribution is 2.08. The lowest BCUT2D eigenvalue weighted by Gasteiger charge is -1.98. The molecule has 0 unspecified atom stereocenters. The molecule has 0 rings (SSSR count). The molecule has 0 fully saturated rings. The summed E-state index contributed by atoms with van der Waals surface area (Å²) in [6.07, 6.45) is 18.8. The average Bonchev–Trinajstić information content (AvgIpc) is 2.26. The van der Waals surface area contributed by atoms with E-state index in [0.29, 0.717) is 0 Å². The van der Waals surface area contributed by atoms with E-state index in [0.717, 1.165) is 12.8 Å². The first-order chi connectivity index (χ1) is 7.41. The molecule has 0 saturated carbocycles. The van der Waals surface area contributed by atoms with Crippen LogP contribution < -0.4 is 0 Å². The van der Waals surface area contributed by atoms with Gasteiger partial charge < -0.3 is 0 Å². The number of allylic oxidation sites excluding steroid dienone is 2. The molecule has 0 atom stereocenters. The molecule has 0 amide bonds. The maximum Gasteiger partial charge on any atom is -0.0351 e. The van der Waals surface area contributed by atoms with Crippen LogP contribution in [0.2, 0.25) is 0 Å². The SMILES string of the molecule is [CH2]CCC/C=C/CCCCCCCC[CH2]. The zero-order valence-corrected chi connectivity index (χ0v) is 10.3. The zero-order chi connectivity index (χ0) is 11.2. The Balaban J connectivity index is 2.95. The van der Waals surface area contributed by atoms with E-state index >= 15 is 0 Å². The van der Waals surface area contributed by atoms with Crippen LogP contribution in [0.25, 0.3) is 0 Å². The van der Waals surface area contributed by atoms with Crippen molar-refractivity contribution in [3.05, 3.63) is 26.0 Å². The summed E-state index contributed by atoms with van der Waals surface area (Å²) in [7, 11) is 0. The number of hydrogen-bond donors (Lipinski definition) is 0. The molecule has 0 heterocycles. The van der Waals surface area contributed by atoms with Gasteiger partial charge in [0.1, 0.15) is 0 Å². The summed E-state index contributed by atoms with van der Waals surface area (Å²) in [5, 5.41) is 0. The maximum atomic E-state index is 3.85. The van der Waals surface area contributed by atoms with Crippen molar-refractivity contribution in [3.63, 3.8) is 0 Å². The Labute approximate surface area is 97.2 Å². The van der Waals surface area contributed by atoms with Crippen molar-refractivity contribution in [2.24, 2.45) is 0 Å². The summed E-state index contributed by atoms with van der Waals surface area (Å²) in [6, 6.07) is 0. The average molecular weight is 208 g/mol. The predicted octanol–water partition coefficient (Wildman–Crippen LogP) is 5.50. The predicted molar refractivity (Wildman–Crippen MR) is 70.6 cm³/mol. The Hall–Kier alpha value is -0.260. The highest BCUT2D eigenvalue weighted by Gasteiger charge is 1.89. The summed E-state index contributed by atoms with van der Waals surface area (Å²) in [4.78, 5) is 0. The van der Waals surface area contributed by atoms with E-state index in [4.69, 9.17) is 0 Å². The van der Waals surface area contributed by atoms with Crippen LogP contribution in [-0.4, -0.2) is 0 Å². The topological polar surface area (TPSA) is 0 Å². The van der Waals surface area contributed by atoms with Gasteiger partial charge in [-0.2, -0.15) is 0 Å². The van der Waals surface area contributed by atoms with Gasteiger partial charge in [-0.25, -0.2) is 0 Å². The van der Waals surface area contributed by atoms with Crippen molar-refractivity contribution < 1.29 is 0 Å². The molecule has 0 aromatic heterocycles. The van der Waals surface area contributed by atoms with Crippen LogP contribution in [0.1, 0.15) is 70.6 Å². The Bertz CT molecular complexity index is 124. The molecule has 0 saturated heterocycles. The van der Waals surface area contributed by atoms with E-state index in [1.807, 2.05) is 0 Å². The zero-order valence-electron chi connectivity index (χ0n) is 10.3. The van der Waals surface area contributed by atoms with Crippen molar-refractivity contribution in [3.8, 4) is 0 Å². The van der Waals surface area contributed by atoms with Crippen molar-refractivity contribution in [1.29, 1.82) is 0 Å². The summed E-state index contributed by atoms with van der Waals surface area (Å²) >= 11 is 0. The molecule has 2 radical (unpaired) electrons. The second-order valence-electron chi connectivity index (χ2n) is 4.23. The van der Waals surface area contributed by atoms with Crippen LogP contribution in [0.3, 0.4) is 0 Å². The molecular weight excluding hydrogens is 180 g/mol. The fourth-order valence-electron chi connectivity index (χ4n) is 1.64. The summed E-state index contributed by atoms with van der Waals surface area (Å²) in [5.41, 5.74) is 0. The molecule has 15 heavy (non-hydrogen) atoms. The van der Waals surface area contributed by atoms with E-state index in [9.17, 15) is 0 Å². The van der Waals surface area contributed by atoms with Gasteiger partial charge in [-0.1, -0.05) is 70.9 Å². The molecule has 0 nitrogen and oxygen atoms in total. The fraction of sp³-hybridized carbons (Fsp3) is 0.733. The second-order valence-corrected chi connectivity index (χ2v) is 4.23. The molecule has 0 heteroatoms. The van der Waals surface area contributed by atoms with Crippen molar-refractivity contribution >= 4 is 0 Å². The minimum Gasteiger partial charge on any atom is -0.0885 e. The van der Waals surface area contributed by atoms with E-state index in [2.05, 4.69) is 26.0 Å². The lowest BCUT2D eigenvalue weighted by molar-refractivity contribution is 0.599. The molecule has 0 aliphatic carbocycles. The van der Waals surface area contributed by atoms with Crippen LogP contribution in [0.4, 0.5) is 0 Å². The van der Waals surface area contributed by atoms with Crippen molar-refractivity contribution in [1.82, 2.24) is 0 Å². The summed E-state index contributed by atoms with van der Waals surface area (Å²) < 4.78 is 0. The van der Waals surface area contributed by atoms with Crippen LogP contribution in [-0.2, 0) is 0 Å². The van der Waals surface area contributed by atoms with Crippen molar-refractivity contribution in [2.75, 3.05) is 0 Å². The van der Waals surface area contributed by atoms with Gasteiger partial charge in [0.15, 0.2) is 0 Å². The Kier molecular flexibility index (Phi) is 13.5. The number of rotatable bonds is 11. The highest BCUT2D eigenvalue weighted by molar-refractivity contribution is 4.81. The lowest BCUT2D eigenvalue weighted by atomic mass is 10.1. The van der Waals surface area contributed by atoms with Crippen LogP contribution in [0.15, 0.2) is 12.2 Å². The first kappa shape index (κ1) is 14.7. The molecule has 0 aromatic rings. The highest BCUT2D eigenvalue weighted by atomic mass is 14.0. The molecule has 88 valence electrons. The molecule has 0 spiro atoms. The largest absolute Gasteiger partial charge is 0.0885 e. The van der Waals surface area contributed by atoms with E-state index in [-0.39, 0.29) is 0 Å². The number of unbranched alkanes of at least 4 members (excludes halogenated alkanes) is 9. The smallest absolute Gasteiger partial charge is 0.0351 e. The van der Waals surface area contributed by atoms with Gasteiger partial charge in [-0.3, -0.25) is 0 Å². The minimum absolute atomic E-state index is 1.07. The van der Waals surface area contributed by atoms with Gasteiger partial charge in [-0.15, -0.1) is 0 Å². The lowest BCUT2D eigenvalue weighted by Crippen LogP contribution is -1.79. The van der Waals surface area contributed by atoms with E-state index in [1.165, 1.54) is 57.8 Å². The Morgan fingerprint density at radius 2 is 1.00 bits per heavy atom. The summed E-state index contributed by atoms with van der Waals surface area (Å²) in [5.74, 6) is 0. The van der Waals surface area contributed by atoms with Crippen LogP contribution in [0.5, 0.6) is 0 Å². The van der Waals surface area contributed by atoms with Crippen molar-refractivity contribution in [2.45, 2.75) is 70.6 Å². The Morgan fingerprint density at radius 3 is 1.60 bits per heavy atom. The third-order valence-electron chi connectivity index (χ3n) is 2.66. The van der Waals surface area contributed by atoms with Gasteiger partial charge in [0.25, 0.3) is 0 Å². The van der Waals surface area contributed by atoms with E-state index < -0.39 is 0 Å².